The SMILES string of the molecule is COc1ccc(NC(=O)[C@H]2[C@H]3C[C@@H]4[C@@H]2C(=O)O[C@@H]4C3)cc1. The second kappa shape index (κ2) is 4.48. The van der Waals surface area contributed by atoms with Gasteiger partial charge in [-0.25, -0.2) is 0 Å². The van der Waals surface area contributed by atoms with E-state index in [1.165, 1.54) is 0 Å². The molecule has 2 aliphatic carbocycles. The molecule has 0 radical (unpaired) electrons. The number of methoxy groups -OCH3 is 1. The molecule has 2 bridgehead atoms. The van der Waals surface area contributed by atoms with Crippen molar-refractivity contribution >= 4 is 17.6 Å². The standard InChI is InChI=1S/C16H17NO4/c1-20-10-4-2-9(3-5-10)17-15(18)13-8-6-11-12(7-8)21-16(19)14(11)13/h2-5,8,11-14H,6-7H2,1H3,(H,17,18)/t8-,11-,12+,13-,14-/m0/s1. The van der Waals surface area contributed by atoms with E-state index in [-0.39, 0.29) is 41.7 Å². The van der Waals surface area contributed by atoms with Crippen LogP contribution in [0.15, 0.2) is 24.3 Å². The number of hydrogen-bond acceptors (Lipinski definition) is 4. The summed E-state index contributed by atoms with van der Waals surface area (Å²) in [5.74, 6) is 0.587. The minimum atomic E-state index is -0.233. The molecular weight excluding hydrogens is 270 g/mol. The summed E-state index contributed by atoms with van der Waals surface area (Å²) in [6.07, 6.45) is 1.85. The van der Waals surface area contributed by atoms with E-state index in [0.717, 1.165) is 24.3 Å². The summed E-state index contributed by atoms with van der Waals surface area (Å²) in [7, 11) is 1.60. The van der Waals surface area contributed by atoms with Gasteiger partial charge in [0.1, 0.15) is 11.9 Å². The minimum Gasteiger partial charge on any atom is -0.497 e. The van der Waals surface area contributed by atoms with Crippen molar-refractivity contribution in [3.05, 3.63) is 24.3 Å². The normalized spacial score (nSPS) is 35.7. The Hall–Kier alpha value is -2.04. The number of amides is 1. The second-order valence-electron chi connectivity index (χ2n) is 6.14. The maximum Gasteiger partial charge on any atom is 0.310 e. The molecule has 3 aliphatic rings. The van der Waals surface area contributed by atoms with Gasteiger partial charge in [0.15, 0.2) is 0 Å². The zero-order valence-corrected chi connectivity index (χ0v) is 11.7. The highest BCUT2D eigenvalue weighted by Crippen LogP contribution is 2.57. The third-order valence-electron chi connectivity index (χ3n) is 5.14. The Morgan fingerprint density at radius 2 is 2.05 bits per heavy atom. The number of nitrogens with one attached hydrogen (secondary N) is 1. The van der Waals surface area contributed by atoms with Crippen molar-refractivity contribution in [1.29, 1.82) is 0 Å². The first-order valence-electron chi connectivity index (χ1n) is 7.33. The first kappa shape index (κ1) is 12.7. The number of hydrogen-bond donors (Lipinski definition) is 1. The van der Waals surface area contributed by atoms with Crippen molar-refractivity contribution < 1.29 is 19.1 Å². The van der Waals surface area contributed by atoms with Crippen LogP contribution >= 0.6 is 0 Å². The molecule has 0 spiro atoms. The number of benzene rings is 1. The van der Waals surface area contributed by atoms with E-state index in [2.05, 4.69) is 5.32 Å². The van der Waals surface area contributed by atoms with Crippen molar-refractivity contribution in [2.75, 3.05) is 12.4 Å². The van der Waals surface area contributed by atoms with Gasteiger partial charge in [0.05, 0.1) is 18.9 Å². The lowest BCUT2D eigenvalue weighted by atomic mass is 9.79. The Morgan fingerprint density at radius 1 is 1.29 bits per heavy atom. The van der Waals surface area contributed by atoms with Gasteiger partial charge < -0.3 is 14.8 Å². The molecule has 110 valence electrons. The van der Waals surface area contributed by atoms with Crippen LogP contribution in [0, 0.1) is 23.7 Å². The van der Waals surface area contributed by atoms with E-state index in [0.29, 0.717) is 0 Å². The Bertz CT molecular complexity index is 595. The number of carbonyl (C=O) groups is 2. The van der Waals surface area contributed by atoms with E-state index in [4.69, 9.17) is 9.47 Å². The lowest BCUT2D eigenvalue weighted by Gasteiger charge is -2.23. The van der Waals surface area contributed by atoms with E-state index in [1.54, 1.807) is 31.4 Å². The summed E-state index contributed by atoms with van der Waals surface area (Å²) in [4.78, 5) is 24.5. The van der Waals surface area contributed by atoms with Crippen molar-refractivity contribution in [1.82, 2.24) is 0 Å². The van der Waals surface area contributed by atoms with E-state index in [9.17, 15) is 9.59 Å². The first-order valence-corrected chi connectivity index (χ1v) is 7.33. The van der Waals surface area contributed by atoms with Gasteiger partial charge in [-0.1, -0.05) is 0 Å². The van der Waals surface area contributed by atoms with Gasteiger partial charge in [0, 0.05) is 11.6 Å². The van der Waals surface area contributed by atoms with Crippen molar-refractivity contribution in [2.24, 2.45) is 23.7 Å². The van der Waals surface area contributed by atoms with Gasteiger partial charge in [-0.2, -0.15) is 0 Å². The summed E-state index contributed by atoms with van der Waals surface area (Å²) < 4.78 is 10.5. The van der Waals surface area contributed by atoms with Crippen LogP contribution in [0.25, 0.3) is 0 Å². The largest absolute Gasteiger partial charge is 0.497 e. The van der Waals surface area contributed by atoms with Crippen LogP contribution in [-0.2, 0) is 14.3 Å². The zero-order chi connectivity index (χ0) is 14.6. The smallest absolute Gasteiger partial charge is 0.310 e. The molecule has 1 N–H and O–H groups in total. The number of fused-ring (bicyclic) bond motifs is 1. The summed E-state index contributed by atoms with van der Waals surface area (Å²) in [5.41, 5.74) is 0.728. The lowest BCUT2D eigenvalue weighted by Crippen LogP contribution is -2.35. The average Bonchev–Trinajstić information content (AvgIpc) is 3.09. The molecule has 5 heteroatoms. The highest BCUT2D eigenvalue weighted by atomic mass is 16.6. The molecule has 1 saturated heterocycles. The van der Waals surface area contributed by atoms with Gasteiger partial charge in [-0.3, -0.25) is 9.59 Å². The van der Waals surface area contributed by atoms with Gasteiger partial charge in [0.2, 0.25) is 5.91 Å². The molecule has 0 aromatic heterocycles. The molecule has 1 aromatic carbocycles. The van der Waals surface area contributed by atoms with Gasteiger partial charge >= 0.3 is 5.97 Å². The quantitative estimate of drug-likeness (QED) is 0.861. The van der Waals surface area contributed by atoms with Crippen LogP contribution in [0.1, 0.15) is 12.8 Å². The fraction of sp³-hybridized carbons (Fsp3) is 0.500. The Labute approximate surface area is 122 Å². The van der Waals surface area contributed by atoms with E-state index in [1.807, 2.05) is 0 Å². The summed E-state index contributed by atoms with van der Waals surface area (Å²) in [6.45, 7) is 0. The fourth-order valence-electron chi connectivity index (χ4n) is 4.26. The third-order valence-corrected chi connectivity index (χ3v) is 5.14. The van der Waals surface area contributed by atoms with Crippen LogP contribution in [-0.4, -0.2) is 25.1 Å². The molecule has 3 fully saturated rings. The lowest BCUT2D eigenvalue weighted by molar-refractivity contribution is -0.145. The Morgan fingerprint density at radius 3 is 2.76 bits per heavy atom. The maximum atomic E-state index is 12.5. The third kappa shape index (κ3) is 1.83. The Kier molecular flexibility index (Phi) is 2.71. The van der Waals surface area contributed by atoms with Crippen LogP contribution in [0.3, 0.4) is 0 Å². The van der Waals surface area contributed by atoms with Crippen molar-refractivity contribution in [3.8, 4) is 5.75 Å². The predicted molar refractivity (Wildman–Crippen MR) is 74.7 cm³/mol. The molecule has 1 heterocycles. The topological polar surface area (TPSA) is 64.6 Å². The van der Waals surface area contributed by atoms with Crippen molar-refractivity contribution in [2.45, 2.75) is 18.9 Å². The molecule has 5 atom stereocenters. The zero-order valence-electron chi connectivity index (χ0n) is 11.7. The van der Waals surface area contributed by atoms with E-state index < -0.39 is 0 Å². The monoisotopic (exact) mass is 287 g/mol. The number of rotatable bonds is 3. The minimum absolute atomic E-state index is 0.0602. The number of carbonyl (C=O) groups excluding carboxylic acids is 2. The number of ether oxygens (including phenoxy) is 2. The molecule has 21 heavy (non-hydrogen) atoms. The van der Waals surface area contributed by atoms with Crippen molar-refractivity contribution in [3.63, 3.8) is 0 Å². The fourth-order valence-corrected chi connectivity index (χ4v) is 4.26. The Balaban J connectivity index is 1.51. The number of esters is 1. The van der Waals surface area contributed by atoms with Crippen LogP contribution < -0.4 is 10.1 Å². The second-order valence-corrected chi connectivity index (χ2v) is 6.14. The molecule has 5 nitrogen and oxygen atoms in total. The molecule has 0 unspecified atom stereocenters. The van der Waals surface area contributed by atoms with Crippen LogP contribution in [0.2, 0.25) is 0 Å². The predicted octanol–water partition coefficient (Wildman–Crippen LogP) is 1.83. The molecule has 1 aromatic rings. The highest BCUT2D eigenvalue weighted by Gasteiger charge is 2.63. The summed E-state index contributed by atoms with van der Waals surface area (Å²) >= 11 is 0. The molecule has 1 aliphatic heterocycles. The maximum absolute atomic E-state index is 12.5. The van der Waals surface area contributed by atoms with Gasteiger partial charge in [-0.05, 0) is 43.0 Å². The average molecular weight is 287 g/mol. The van der Waals surface area contributed by atoms with Crippen LogP contribution in [0.4, 0.5) is 5.69 Å². The summed E-state index contributed by atoms with van der Waals surface area (Å²) in [5, 5.41) is 2.92. The van der Waals surface area contributed by atoms with Gasteiger partial charge in [0.25, 0.3) is 0 Å². The molecule has 1 amide bonds. The first-order chi connectivity index (χ1) is 10.2. The van der Waals surface area contributed by atoms with E-state index >= 15 is 0 Å². The molecule has 4 rings (SSSR count). The van der Waals surface area contributed by atoms with Crippen LogP contribution in [0.5, 0.6) is 5.75 Å². The molecule has 2 saturated carbocycles. The highest BCUT2D eigenvalue weighted by molar-refractivity contribution is 5.97. The van der Waals surface area contributed by atoms with Gasteiger partial charge in [-0.15, -0.1) is 0 Å². The summed E-state index contributed by atoms with van der Waals surface area (Å²) in [6, 6.07) is 7.21. The number of anilines is 1. The molecular formula is C16H17NO4.